The lowest BCUT2D eigenvalue weighted by molar-refractivity contribution is -0.139. The number of hydrogen-bond donors (Lipinski definition) is 1. The van der Waals surface area contributed by atoms with Crippen LogP contribution in [0.15, 0.2) is 0 Å². The Morgan fingerprint density at radius 3 is 2.29 bits per heavy atom. The summed E-state index contributed by atoms with van der Waals surface area (Å²) in [5.74, 6) is 1.05. The highest BCUT2D eigenvalue weighted by molar-refractivity contribution is 5.86. The van der Waals surface area contributed by atoms with Crippen LogP contribution in [0.1, 0.15) is 57.8 Å². The maximum Gasteiger partial charge on any atom is 0.242 e. The van der Waals surface area contributed by atoms with Crippen molar-refractivity contribution in [1.82, 2.24) is 4.90 Å². The van der Waals surface area contributed by atoms with Crippen LogP contribution in [0.4, 0.5) is 0 Å². The van der Waals surface area contributed by atoms with Crippen molar-refractivity contribution in [3.8, 4) is 0 Å². The average molecular weight is 236 g/mol. The molecule has 3 fully saturated rings. The van der Waals surface area contributed by atoms with Crippen LogP contribution in [-0.4, -0.2) is 28.9 Å². The molecule has 17 heavy (non-hydrogen) atoms. The second-order valence-electron chi connectivity index (χ2n) is 6.35. The molecule has 0 heterocycles. The van der Waals surface area contributed by atoms with Gasteiger partial charge in [-0.2, -0.15) is 0 Å². The van der Waals surface area contributed by atoms with Gasteiger partial charge in [0.15, 0.2) is 0 Å². The number of nitrogens with zero attached hydrogens (tertiary/aromatic N) is 1. The predicted molar refractivity (Wildman–Crippen MR) is 67.5 cm³/mol. The number of amides is 1. The Morgan fingerprint density at radius 1 is 1.12 bits per heavy atom. The molecule has 0 spiro atoms. The fourth-order valence-corrected chi connectivity index (χ4v) is 3.05. The first kappa shape index (κ1) is 11.5. The van der Waals surface area contributed by atoms with Crippen LogP contribution in [0.25, 0.3) is 0 Å². The van der Waals surface area contributed by atoms with Crippen molar-refractivity contribution in [2.45, 2.75) is 69.4 Å². The lowest BCUT2D eigenvalue weighted by Crippen LogP contribution is -2.57. The summed E-state index contributed by atoms with van der Waals surface area (Å²) in [6.07, 6.45) is 10.3. The van der Waals surface area contributed by atoms with Gasteiger partial charge in [-0.25, -0.2) is 0 Å². The third-order valence-electron chi connectivity index (χ3n) is 4.57. The second kappa shape index (κ2) is 4.27. The Bertz CT molecular complexity index is 301. The maximum absolute atomic E-state index is 12.7. The molecule has 3 saturated carbocycles. The van der Waals surface area contributed by atoms with E-state index in [2.05, 4.69) is 4.90 Å². The summed E-state index contributed by atoms with van der Waals surface area (Å²) in [6.45, 7) is 0.989. The summed E-state index contributed by atoms with van der Waals surface area (Å²) in [5, 5.41) is 0. The molecular formula is C14H24N2O. The monoisotopic (exact) mass is 236 g/mol. The highest BCUT2D eigenvalue weighted by atomic mass is 16.2. The molecule has 0 aliphatic heterocycles. The highest BCUT2D eigenvalue weighted by Crippen LogP contribution is 2.37. The molecular weight excluding hydrogens is 212 g/mol. The largest absolute Gasteiger partial charge is 0.338 e. The van der Waals surface area contributed by atoms with Crippen molar-refractivity contribution in [3.05, 3.63) is 0 Å². The zero-order chi connectivity index (χ0) is 11.9. The molecule has 3 aliphatic carbocycles. The SMILES string of the molecule is NC1(C(=O)N(CC2CC2)C2CC2)CCCCC1. The number of rotatable bonds is 4. The van der Waals surface area contributed by atoms with Gasteiger partial charge in [0.05, 0.1) is 5.54 Å². The Morgan fingerprint density at radius 2 is 1.76 bits per heavy atom. The molecule has 1 amide bonds. The van der Waals surface area contributed by atoms with Gasteiger partial charge in [0.2, 0.25) is 5.91 Å². The minimum atomic E-state index is -0.518. The third kappa shape index (κ3) is 2.49. The zero-order valence-electron chi connectivity index (χ0n) is 10.7. The lowest BCUT2D eigenvalue weighted by atomic mass is 9.81. The van der Waals surface area contributed by atoms with E-state index in [4.69, 9.17) is 5.73 Å². The minimum absolute atomic E-state index is 0.270. The second-order valence-corrected chi connectivity index (χ2v) is 6.35. The molecule has 3 heteroatoms. The maximum atomic E-state index is 12.7. The van der Waals surface area contributed by atoms with Gasteiger partial charge in [0, 0.05) is 12.6 Å². The smallest absolute Gasteiger partial charge is 0.242 e. The fraction of sp³-hybridized carbons (Fsp3) is 0.929. The predicted octanol–water partition coefficient (Wildman–Crippen LogP) is 2.05. The van der Waals surface area contributed by atoms with Crippen molar-refractivity contribution in [2.24, 2.45) is 11.7 Å². The van der Waals surface area contributed by atoms with Crippen LogP contribution in [0.3, 0.4) is 0 Å². The quantitative estimate of drug-likeness (QED) is 0.812. The summed E-state index contributed by atoms with van der Waals surface area (Å²) < 4.78 is 0. The molecule has 0 aromatic heterocycles. The van der Waals surface area contributed by atoms with Crippen molar-refractivity contribution in [1.29, 1.82) is 0 Å². The average Bonchev–Trinajstić information content (AvgIpc) is 3.17. The normalized spacial score (nSPS) is 27.8. The molecule has 0 bridgehead atoms. The molecule has 3 aliphatic rings. The van der Waals surface area contributed by atoms with E-state index in [0.29, 0.717) is 6.04 Å². The van der Waals surface area contributed by atoms with Crippen LogP contribution in [-0.2, 0) is 4.79 Å². The molecule has 2 N–H and O–H groups in total. The van der Waals surface area contributed by atoms with E-state index in [1.54, 1.807) is 0 Å². The standard InChI is InChI=1S/C14H24N2O/c15-14(8-2-1-3-9-14)13(17)16(12-6-7-12)10-11-4-5-11/h11-12H,1-10,15H2. The van der Waals surface area contributed by atoms with Gasteiger partial charge in [-0.05, 0) is 44.4 Å². The van der Waals surface area contributed by atoms with Crippen LogP contribution in [0, 0.1) is 5.92 Å². The Balaban J connectivity index is 1.68. The Hall–Kier alpha value is -0.570. The van der Waals surface area contributed by atoms with Crippen LogP contribution >= 0.6 is 0 Å². The number of carbonyl (C=O) groups excluding carboxylic acids is 1. The molecule has 0 atom stereocenters. The van der Waals surface area contributed by atoms with Crippen LogP contribution in [0.2, 0.25) is 0 Å². The molecule has 0 saturated heterocycles. The van der Waals surface area contributed by atoms with E-state index in [1.165, 1.54) is 32.1 Å². The van der Waals surface area contributed by atoms with Crippen molar-refractivity contribution in [2.75, 3.05) is 6.54 Å². The summed E-state index contributed by atoms with van der Waals surface area (Å²) in [6, 6.07) is 0.533. The fourth-order valence-electron chi connectivity index (χ4n) is 3.05. The lowest BCUT2D eigenvalue weighted by Gasteiger charge is -2.37. The van der Waals surface area contributed by atoms with E-state index in [-0.39, 0.29) is 5.91 Å². The van der Waals surface area contributed by atoms with Gasteiger partial charge in [0.1, 0.15) is 0 Å². The summed E-state index contributed by atoms with van der Waals surface area (Å²) in [5.41, 5.74) is 5.86. The van der Waals surface area contributed by atoms with Crippen molar-refractivity contribution >= 4 is 5.91 Å². The first-order valence-electron chi connectivity index (χ1n) is 7.29. The topological polar surface area (TPSA) is 46.3 Å². The van der Waals surface area contributed by atoms with Crippen LogP contribution < -0.4 is 5.73 Å². The van der Waals surface area contributed by atoms with Gasteiger partial charge < -0.3 is 10.6 Å². The van der Waals surface area contributed by atoms with E-state index < -0.39 is 5.54 Å². The molecule has 0 aromatic rings. The summed E-state index contributed by atoms with van der Waals surface area (Å²) >= 11 is 0. The summed E-state index contributed by atoms with van der Waals surface area (Å²) in [4.78, 5) is 14.8. The molecule has 0 aromatic carbocycles. The van der Waals surface area contributed by atoms with Crippen molar-refractivity contribution in [3.63, 3.8) is 0 Å². The Labute approximate surface area is 104 Å². The third-order valence-corrected chi connectivity index (χ3v) is 4.57. The first-order chi connectivity index (χ1) is 8.19. The first-order valence-corrected chi connectivity index (χ1v) is 7.29. The molecule has 3 rings (SSSR count). The highest BCUT2D eigenvalue weighted by Gasteiger charge is 2.44. The molecule has 0 radical (unpaired) electrons. The van der Waals surface area contributed by atoms with E-state index in [1.807, 2.05) is 0 Å². The van der Waals surface area contributed by atoms with E-state index >= 15 is 0 Å². The number of hydrogen-bond acceptors (Lipinski definition) is 2. The van der Waals surface area contributed by atoms with Gasteiger partial charge >= 0.3 is 0 Å². The summed E-state index contributed by atoms with van der Waals surface area (Å²) in [7, 11) is 0. The van der Waals surface area contributed by atoms with E-state index in [0.717, 1.165) is 38.1 Å². The zero-order valence-corrected chi connectivity index (χ0v) is 10.7. The van der Waals surface area contributed by atoms with Crippen molar-refractivity contribution < 1.29 is 4.79 Å². The van der Waals surface area contributed by atoms with Gasteiger partial charge in [-0.1, -0.05) is 19.3 Å². The van der Waals surface area contributed by atoms with E-state index in [9.17, 15) is 4.79 Å². The number of carbonyl (C=O) groups is 1. The molecule has 0 unspecified atom stereocenters. The molecule has 96 valence electrons. The van der Waals surface area contributed by atoms with Gasteiger partial charge in [-0.3, -0.25) is 4.79 Å². The molecule has 3 nitrogen and oxygen atoms in total. The van der Waals surface area contributed by atoms with Crippen LogP contribution in [0.5, 0.6) is 0 Å². The van der Waals surface area contributed by atoms with Gasteiger partial charge in [0.25, 0.3) is 0 Å². The van der Waals surface area contributed by atoms with Gasteiger partial charge in [-0.15, -0.1) is 0 Å². The Kier molecular flexibility index (Phi) is 2.89. The number of nitrogens with two attached hydrogens (primary N) is 1. The minimum Gasteiger partial charge on any atom is -0.338 e.